The summed E-state index contributed by atoms with van der Waals surface area (Å²) in [6.07, 6.45) is 0. The maximum atomic E-state index is 10.6. The largest absolute Gasteiger partial charge is 0.306 e. The fourth-order valence-electron chi connectivity index (χ4n) is 1.20. The third kappa shape index (κ3) is 2.95. The molecule has 0 amide bonds. The SMILES string of the molecule is CC(CS(=O)O)c1cccc(Cl)c1Cl. The maximum absolute atomic E-state index is 10.6. The highest BCUT2D eigenvalue weighted by Gasteiger charge is 2.13. The van der Waals surface area contributed by atoms with E-state index in [9.17, 15) is 4.21 Å². The molecule has 2 unspecified atom stereocenters. The maximum Gasteiger partial charge on any atom is 0.153 e. The standard InChI is InChI=1S/C9H10Cl2O2S/c1-6(5-14(12)13)7-3-2-4-8(10)9(7)11/h2-4,6H,5H2,1H3,(H,12,13). The predicted molar refractivity (Wildman–Crippen MR) is 60.5 cm³/mol. The third-order valence-corrected chi connectivity index (χ3v) is 3.52. The van der Waals surface area contributed by atoms with Crippen molar-refractivity contribution >= 4 is 34.3 Å². The number of rotatable bonds is 3. The van der Waals surface area contributed by atoms with Gasteiger partial charge in [0.25, 0.3) is 0 Å². The Morgan fingerprint density at radius 2 is 2.14 bits per heavy atom. The highest BCUT2D eigenvalue weighted by molar-refractivity contribution is 7.79. The minimum atomic E-state index is -1.81. The van der Waals surface area contributed by atoms with Gasteiger partial charge in [0.05, 0.1) is 15.8 Å². The molecule has 78 valence electrons. The summed E-state index contributed by atoms with van der Waals surface area (Å²) >= 11 is 9.97. The van der Waals surface area contributed by atoms with Crippen LogP contribution in [0.25, 0.3) is 0 Å². The zero-order chi connectivity index (χ0) is 10.7. The van der Waals surface area contributed by atoms with Crippen LogP contribution in [0.5, 0.6) is 0 Å². The highest BCUT2D eigenvalue weighted by atomic mass is 35.5. The molecule has 0 aliphatic heterocycles. The summed E-state index contributed by atoms with van der Waals surface area (Å²) in [5.74, 6) is 0.0899. The summed E-state index contributed by atoms with van der Waals surface area (Å²) in [5, 5.41) is 0.937. The van der Waals surface area contributed by atoms with Gasteiger partial charge >= 0.3 is 0 Å². The molecule has 1 N–H and O–H groups in total. The molecule has 1 rings (SSSR count). The highest BCUT2D eigenvalue weighted by Crippen LogP contribution is 2.30. The molecule has 0 aliphatic carbocycles. The molecule has 0 fully saturated rings. The van der Waals surface area contributed by atoms with E-state index in [1.165, 1.54) is 0 Å². The average Bonchev–Trinajstić information content (AvgIpc) is 2.08. The van der Waals surface area contributed by atoms with E-state index < -0.39 is 11.1 Å². The van der Waals surface area contributed by atoms with E-state index in [2.05, 4.69) is 0 Å². The van der Waals surface area contributed by atoms with Gasteiger partial charge < -0.3 is 4.55 Å². The second-order valence-corrected chi connectivity index (χ2v) is 4.79. The van der Waals surface area contributed by atoms with Crippen LogP contribution in [0.2, 0.25) is 10.0 Å². The molecule has 0 aliphatic rings. The van der Waals surface area contributed by atoms with Crippen LogP contribution >= 0.6 is 23.2 Å². The molecule has 5 heteroatoms. The summed E-state index contributed by atoms with van der Waals surface area (Å²) in [4.78, 5) is 0. The first-order valence-electron chi connectivity index (χ1n) is 4.03. The molecule has 2 nitrogen and oxygen atoms in total. The number of hydrogen-bond donors (Lipinski definition) is 1. The van der Waals surface area contributed by atoms with Crippen molar-refractivity contribution in [2.45, 2.75) is 12.8 Å². The van der Waals surface area contributed by atoms with Crippen molar-refractivity contribution in [1.29, 1.82) is 0 Å². The molecular weight excluding hydrogens is 243 g/mol. The Labute approximate surface area is 95.5 Å². The predicted octanol–water partition coefficient (Wildman–Crippen LogP) is 3.32. The number of hydrogen-bond acceptors (Lipinski definition) is 1. The molecule has 1 aromatic rings. The topological polar surface area (TPSA) is 37.3 Å². The van der Waals surface area contributed by atoms with E-state index in [4.69, 9.17) is 27.8 Å². The van der Waals surface area contributed by atoms with Crippen molar-refractivity contribution < 1.29 is 8.76 Å². The monoisotopic (exact) mass is 252 g/mol. The lowest BCUT2D eigenvalue weighted by molar-refractivity contribution is 0.559. The van der Waals surface area contributed by atoms with Crippen molar-refractivity contribution in [3.8, 4) is 0 Å². The fraction of sp³-hybridized carbons (Fsp3) is 0.333. The van der Waals surface area contributed by atoms with Gasteiger partial charge in [0.2, 0.25) is 0 Å². The summed E-state index contributed by atoms with van der Waals surface area (Å²) in [6, 6.07) is 5.28. The minimum absolute atomic E-state index is 0.0768. The summed E-state index contributed by atoms with van der Waals surface area (Å²) in [7, 11) is 0. The van der Waals surface area contributed by atoms with E-state index in [0.29, 0.717) is 10.0 Å². The van der Waals surface area contributed by atoms with Gasteiger partial charge in [-0.1, -0.05) is 42.3 Å². The van der Waals surface area contributed by atoms with E-state index in [-0.39, 0.29) is 11.7 Å². The molecular formula is C9H10Cl2O2S. The summed E-state index contributed by atoms with van der Waals surface area (Å²) in [6.45, 7) is 1.84. The van der Waals surface area contributed by atoms with E-state index in [0.717, 1.165) is 5.56 Å². The molecule has 0 saturated carbocycles. The van der Waals surface area contributed by atoms with Crippen LogP contribution in [0, 0.1) is 0 Å². The van der Waals surface area contributed by atoms with Gasteiger partial charge in [0, 0.05) is 0 Å². The lowest BCUT2D eigenvalue weighted by atomic mass is 10.0. The molecule has 0 spiro atoms. The summed E-state index contributed by atoms with van der Waals surface area (Å²) < 4.78 is 19.4. The number of halogens is 2. The van der Waals surface area contributed by atoms with Gasteiger partial charge in [-0.2, -0.15) is 0 Å². The van der Waals surface area contributed by atoms with Gasteiger partial charge in [0.1, 0.15) is 0 Å². The second kappa shape index (κ2) is 5.12. The van der Waals surface area contributed by atoms with Gasteiger partial charge in [-0.05, 0) is 17.5 Å². The Morgan fingerprint density at radius 1 is 1.50 bits per heavy atom. The van der Waals surface area contributed by atoms with Crippen molar-refractivity contribution in [3.63, 3.8) is 0 Å². The molecule has 1 aromatic carbocycles. The Morgan fingerprint density at radius 3 is 2.71 bits per heavy atom. The van der Waals surface area contributed by atoms with Crippen LogP contribution in [0.15, 0.2) is 18.2 Å². The fourth-order valence-corrected chi connectivity index (χ4v) is 2.31. The second-order valence-electron chi connectivity index (χ2n) is 3.03. The minimum Gasteiger partial charge on any atom is -0.306 e. The smallest absolute Gasteiger partial charge is 0.153 e. The first kappa shape index (κ1) is 12.0. The van der Waals surface area contributed by atoms with Crippen molar-refractivity contribution in [3.05, 3.63) is 33.8 Å². The van der Waals surface area contributed by atoms with Crippen LogP contribution in [0.3, 0.4) is 0 Å². The molecule has 0 aromatic heterocycles. The third-order valence-electron chi connectivity index (χ3n) is 1.90. The summed E-state index contributed by atoms with van der Waals surface area (Å²) in [5.41, 5.74) is 0.807. The van der Waals surface area contributed by atoms with Crippen LogP contribution in [-0.2, 0) is 11.1 Å². The van der Waals surface area contributed by atoms with E-state index in [1.807, 2.05) is 13.0 Å². The van der Waals surface area contributed by atoms with Crippen LogP contribution in [0.1, 0.15) is 18.4 Å². The van der Waals surface area contributed by atoms with Gasteiger partial charge in [-0.25, -0.2) is 4.21 Å². The lowest BCUT2D eigenvalue weighted by Crippen LogP contribution is -2.05. The van der Waals surface area contributed by atoms with Gasteiger partial charge in [0.15, 0.2) is 11.1 Å². The molecule has 0 radical (unpaired) electrons. The zero-order valence-electron chi connectivity index (χ0n) is 7.54. The van der Waals surface area contributed by atoms with Crippen molar-refractivity contribution in [2.24, 2.45) is 0 Å². The van der Waals surface area contributed by atoms with Gasteiger partial charge in [-0.15, -0.1) is 0 Å². The molecule has 0 saturated heterocycles. The lowest BCUT2D eigenvalue weighted by Gasteiger charge is -2.11. The quantitative estimate of drug-likeness (QED) is 0.839. The normalized spacial score (nSPS) is 15.1. The van der Waals surface area contributed by atoms with Crippen molar-refractivity contribution in [1.82, 2.24) is 0 Å². The number of benzene rings is 1. The van der Waals surface area contributed by atoms with Crippen LogP contribution in [0.4, 0.5) is 0 Å². The molecule has 2 atom stereocenters. The van der Waals surface area contributed by atoms with E-state index >= 15 is 0 Å². The zero-order valence-corrected chi connectivity index (χ0v) is 9.86. The Hall–Kier alpha value is -0.0900. The Kier molecular flexibility index (Phi) is 4.38. The first-order valence-corrected chi connectivity index (χ1v) is 6.07. The Bertz CT molecular complexity index is 355. The first-order chi connectivity index (χ1) is 6.52. The molecule has 0 heterocycles. The van der Waals surface area contributed by atoms with Crippen LogP contribution in [-0.4, -0.2) is 14.5 Å². The van der Waals surface area contributed by atoms with E-state index in [1.54, 1.807) is 12.1 Å². The molecule has 0 bridgehead atoms. The molecule has 14 heavy (non-hydrogen) atoms. The van der Waals surface area contributed by atoms with Gasteiger partial charge in [-0.3, -0.25) is 0 Å². The average molecular weight is 253 g/mol. The van der Waals surface area contributed by atoms with Crippen molar-refractivity contribution in [2.75, 3.05) is 5.75 Å². The van der Waals surface area contributed by atoms with Crippen LogP contribution < -0.4 is 0 Å². The Balaban J connectivity index is 2.95.